The predicted octanol–water partition coefficient (Wildman–Crippen LogP) is 0.543. The van der Waals surface area contributed by atoms with Crippen LogP contribution in [0.4, 0.5) is 0 Å². The summed E-state index contributed by atoms with van der Waals surface area (Å²) in [4.78, 5) is 12.7. The summed E-state index contributed by atoms with van der Waals surface area (Å²) in [6.07, 6.45) is 0. The molecule has 0 radical (unpaired) electrons. The number of methoxy groups -OCH3 is 1. The Morgan fingerprint density at radius 2 is 2.33 bits per heavy atom. The van der Waals surface area contributed by atoms with Crippen molar-refractivity contribution in [2.45, 2.75) is 5.92 Å². The number of fused-ring (bicyclic) bond motifs is 1. The maximum atomic E-state index is 11.7. The molecule has 1 atom stereocenters. The number of hydrogen-bond acceptors (Lipinski definition) is 8. The van der Waals surface area contributed by atoms with E-state index in [1.54, 1.807) is 6.07 Å². The molecule has 1 fully saturated rings. The Kier molecular flexibility index (Phi) is 3.65. The summed E-state index contributed by atoms with van der Waals surface area (Å²) >= 11 is 0. The normalized spacial score (nSPS) is 19.7. The first-order chi connectivity index (χ1) is 11.5. The molecule has 9 heteroatoms. The molecule has 124 valence electrons. The molecule has 9 nitrogen and oxygen atoms in total. The van der Waals surface area contributed by atoms with Crippen molar-refractivity contribution in [3.63, 3.8) is 0 Å². The summed E-state index contributed by atoms with van der Waals surface area (Å²) in [7, 11) is 1.38. The standard InChI is InChI=1S/C15H15N5O4/c1-24-10-4-2-3-8(13(10)21)11-9(7-16)14(17)19-6-5-18-15(19)12(11)20(22)23/h2-4,11,18,21H,5-6,17H2,1H3. The van der Waals surface area contributed by atoms with Gasteiger partial charge in [0.05, 0.1) is 23.7 Å². The third kappa shape index (κ3) is 2.08. The van der Waals surface area contributed by atoms with Gasteiger partial charge >= 0.3 is 0 Å². The summed E-state index contributed by atoms with van der Waals surface area (Å²) in [5.74, 6) is -0.772. The highest BCUT2D eigenvalue weighted by Crippen LogP contribution is 2.45. The van der Waals surface area contributed by atoms with Crippen LogP contribution in [-0.4, -0.2) is 35.1 Å². The zero-order valence-electron chi connectivity index (χ0n) is 12.8. The lowest BCUT2D eigenvalue weighted by molar-refractivity contribution is -0.432. The van der Waals surface area contributed by atoms with Crippen molar-refractivity contribution in [1.82, 2.24) is 10.2 Å². The molecular formula is C15H15N5O4. The summed E-state index contributed by atoms with van der Waals surface area (Å²) in [5, 5.41) is 34.6. The summed E-state index contributed by atoms with van der Waals surface area (Å²) in [6, 6.07) is 6.60. The van der Waals surface area contributed by atoms with Gasteiger partial charge in [-0.1, -0.05) is 12.1 Å². The largest absolute Gasteiger partial charge is 0.504 e. The van der Waals surface area contributed by atoms with Gasteiger partial charge in [-0.2, -0.15) is 5.26 Å². The second kappa shape index (κ2) is 5.66. The van der Waals surface area contributed by atoms with E-state index in [4.69, 9.17) is 10.5 Å². The van der Waals surface area contributed by atoms with Crippen LogP contribution in [0.2, 0.25) is 0 Å². The molecule has 0 bridgehead atoms. The molecule has 4 N–H and O–H groups in total. The van der Waals surface area contributed by atoms with Crippen molar-refractivity contribution in [2.24, 2.45) is 5.73 Å². The lowest BCUT2D eigenvalue weighted by atomic mass is 9.85. The minimum Gasteiger partial charge on any atom is -0.504 e. The van der Waals surface area contributed by atoms with Crippen molar-refractivity contribution < 1.29 is 14.8 Å². The number of nitro groups is 1. The Labute approximate surface area is 137 Å². The van der Waals surface area contributed by atoms with Crippen LogP contribution in [0.15, 0.2) is 41.1 Å². The minimum absolute atomic E-state index is 0.0257. The molecule has 0 spiro atoms. The number of para-hydroxylation sites is 1. The van der Waals surface area contributed by atoms with Gasteiger partial charge in [0.2, 0.25) is 0 Å². The van der Waals surface area contributed by atoms with Crippen LogP contribution < -0.4 is 15.8 Å². The zero-order valence-corrected chi connectivity index (χ0v) is 12.8. The van der Waals surface area contributed by atoms with Crippen molar-refractivity contribution in [1.29, 1.82) is 5.26 Å². The molecule has 2 heterocycles. The van der Waals surface area contributed by atoms with E-state index in [0.29, 0.717) is 13.1 Å². The molecular weight excluding hydrogens is 314 g/mol. The fourth-order valence-electron chi connectivity index (χ4n) is 3.08. The highest BCUT2D eigenvalue weighted by atomic mass is 16.6. The Hall–Kier alpha value is -3.41. The molecule has 1 saturated heterocycles. The third-order valence-corrected chi connectivity index (χ3v) is 4.15. The van der Waals surface area contributed by atoms with Crippen molar-refractivity contribution in [3.8, 4) is 17.6 Å². The van der Waals surface area contributed by atoms with Gasteiger partial charge in [-0.25, -0.2) is 0 Å². The van der Waals surface area contributed by atoms with Crippen molar-refractivity contribution in [2.75, 3.05) is 20.2 Å². The molecule has 0 saturated carbocycles. The second-order valence-corrected chi connectivity index (χ2v) is 5.31. The van der Waals surface area contributed by atoms with Crippen molar-refractivity contribution in [3.05, 3.63) is 56.8 Å². The maximum absolute atomic E-state index is 11.7. The average molecular weight is 329 g/mol. The van der Waals surface area contributed by atoms with Gasteiger partial charge in [-0.3, -0.25) is 10.1 Å². The van der Waals surface area contributed by atoms with Crippen LogP contribution in [0.25, 0.3) is 0 Å². The first-order valence-electron chi connectivity index (χ1n) is 7.16. The number of nitriles is 1. The van der Waals surface area contributed by atoms with Crippen molar-refractivity contribution >= 4 is 0 Å². The molecule has 1 aromatic carbocycles. The SMILES string of the molecule is COc1cccc(C2C(C#N)=C(N)N3CCNC3=C2[N+](=O)[O-])c1O. The lowest BCUT2D eigenvalue weighted by Gasteiger charge is -2.29. The molecule has 1 aromatic rings. The highest BCUT2D eigenvalue weighted by molar-refractivity contribution is 5.57. The number of rotatable bonds is 3. The van der Waals surface area contributed by atoms with Gasteiger partial charge in [0.15, 0.2) is 17.3 Å². The number of hydrogen-bond donors (Lipinski definition) is 3. The van der Waals surface area contributed by atoms with Gasteiger partial charge in [0, 0.05) is 18.7 Å². The number of phenols is 1. The quantitative estimate of drug-likeness (QED) is 0.539. The topological polar surface area (TPSA) is 138 Å². The van der Waals surface area contributed by atoms with Gasteiger partial charge in [-0.15, -0.1) is 0 Å². The lowest BCUT2D eigenvalue weighted by Crippen LogP contribution is -2.36. The van der Waals surface area contributed by atoms with Crippen LogP contribution in [0.5, 0.6) is 11.5 Å². The Morgan fingerprint density at radius 1 is 1.58 bits per heavy atom. The number of nitrogens with two attached hydrogens (primary N) is 1. The first-order valence-corrected chi connectivity index (χ1v) is 7.16. The fourth-order valence-corrected chi connectivity index (χ4v) is 3.08. The third-order valence-electron chi connectivity index (χ3n) is 4.15. The van der Waals surface area contributed by atoms with Gasteiger partial charge in [0.25, 0.3) is 5.70 Å². The van der Waals surface area contributed by atoms with E-state index < -0.39 is 10.8 Å². The number of benzene rings is 1. The van der Waals surface area contributed by atoms with Gasteiger partial charge < -0.3 is 25.8 Å². The number of nitrogens with zero attached hydrogens (tertiary/aromatic N) is 3. The van der Waals surface area contributed by atoms with E-state index >= 15 is 0 Å². The van der Waals surface area contributed by atoms with Crippen LogP contribution in [0, 0.1) is 21.4 Å². The van der Waals surface area contributed by atoms with E-state index in [-0.39, 0.29) is 40.0 Å². The minimum atomic E-state index is -1.09. The van der Waals surface area contributed by atoms with E-state index in [9.17, 15) is 20.5 Å². The maximum Gasteiger partial charge on any atom is 0.299 e. The Balaban J connectivity index is 2.29. The van der Waals surface area contributed by atoms with Crippen LogP contribution in [0.1, 0.15) is 11.5 Å². The molecule has 0 amide bonds. The van der Waals surface area contributed by atoms with Crippen LogP contribution >= 0.6 is 0 Å². The fraction of sp³-hybridized carbons (Fsp3) is 0.267. The molecule has 1 unspecified atom stereocenters. The monoisotopic (exact) mass is 329 g/mol. The Bertz CT molecular complexity index is 824. The van der Waals surface area contributed by atoms with Crippen LogP contribution in [0.3, 0.4) is 0 Å². The smallest absolute Gasteiger partial charge is 0.299 e. The van der Waals surface area contributed by atoms with Gasteiger partial charge in [-0.05, 0) is 6.07 Å². The number of phenolic OH excluding ortho intramolecular Hbond substituents is 1. The zero-order chi connectivity index (χ0) is 17.4. The average Bonchev–Trinajstić information content (AvgIpc) is 3.04. The second-order valence-electron chi connectivity index (χ2n) is 5.31. The van der Waals surface area contributed by atoms with Gasteiger partial charge in [0.1, 0.15) is 11.7 Å². The van der Waals surface area contributed by atoms with E-state index in [1.807, 2.05) is 6.07 Å². The Morgan fingerprint density at radius 3 is 2.96 bits per heavy atom. The molecule has 2 aliphatic heterocycles. The highest BCUT2D eigenvalue weighted by Gasteiger charge is 2.45. The molecule has 0 aliphatic carbocycles. The summed E-state index contributed by atoms with van der Waals surface area (Å²) < 4.78 is 5.06. The number of aromatic hydroxyl groups is 1. The number of allylic oxidation sites excluding steroid dienone is 1. The van der Waals surface area contributed by atoms with E-state index in [2.05, 4.69) is 5.32 Å². The molecule has 24 heavy (non-hydrogen) atoms. The number of nitrogens with one attached hydrogen (secondary N) is 1. The molecule has 3 rings (SSSR count). The summed E-state index contributed by atoms with van der Waals surface area (Å²) in [5.41, 5.74) is 6.06. The first kappa shape index (κ1) is 15.5. The summed E-state index contributed by atoms with van der Waals surface area (Å²) in [6.45, 7) is 0.906. The molecule has 0 aromatic heterocycles. The number of ether oxygens (including phenoxy) is 1. The van der Waals surface area contributed by atoms with Crippen LogP contribution in [-0.2, 0) is 0 Å². The molecule has 2 aliphatic rings. The van der Waals surface area contributed by atoms with E-state index in [0.717, 1.165) is 0 Å². The van der Waals surface area contributed by atoms with E-state index in [1.165, 1.54) is 24.1 Å². The predicted molar refractivity (Wildman–Crippen MR) is 83.0 cm³/mol.